The van der Waals surface area contributed by atoms with Gasteiger partial charge in [0.1, 0.15) is 18.1 Å². The summed E-state index contributed by atoms with van der Waals surface area (Å²) in [6.45, 7) is 7.39. The van der Waals surface area contributed by atoms with Crippen LogP contribution in [-0.4, -0.2) is 51.1 Å². The first-order valence-corrected chi connectivity index (χ1v) is 13.6. The van der Waals surface area contributed by atoms with Crippen LogP contribution in [0, 0.1) is 0 Å². The van der Waals surface area contributed by atoms with Gasteiger partial charge in [0.2, 0.25) is 0 Å². The van der Waals surface area contributed by atoms with Gasteiger partial charge < -0.3 is 24.1 Å². The molecule has 2 rings (SSSR count). The van der Waals surface area contributed by atoms with Crippen LogP contribution < -0.4 is 9.47 Å². The van der Waals surface area contributed by atoms with Crippen LogP contribution in [0.5, 0.6) is 11.5 Å². The van der Waals surface area contributed by atoms with Gasteiger partial charge in [-0.05, 0) is 73.2 Å². The van der Waals surface area contributed by atoms with Gasteiger partial charge in [-0.3, -0.25) is 0 Å². The molecule has 0 aliphatic rings. The molecule has 0 unspecified atom stereocenters. The highest BCUT2D eigenvalue weighted by Crippen LogP contribution is 2.27. The van der Waals surface area contributed by atoms with E-state index in [9.17, 15) is 14.7 Å². The van der Waals surface area contributed by atoms with Crippen molar-refractivity contribution in [3.63, 3.8) is 0 Å². The summed E-state index contributed by atoms with van der Waals surface area (Å²) in [7, 11) is 3.24. The van der Waals surface area contributed by atoms with Crippen molar-refractivity contribution in [1.82, 2.24) is 0 Å². The van der Waals surface area contributed by atoms with E-state index < -0.39 is 5.97 Å². The molecule has 39 heavy (non-hydrogen) atoms. The fourth-order valence-corrected chi connectivity index (χ4v) is 3.77. The van der Waals surface area contributed by atoms with E-state index in [2.05, 4.69) is 6.92 Å². The second kappa shape index (κ2) is 20.4. The summed E-state index contributed by atoms with van der Waals surface area (Å²) in [6.07, 6.45) is 8.81. The molecule has 0 fully saturated rings. The Labute approximate surface area is 233 Å². The second-order valence-electron chi connectivity index (χ2n) is 8.63. The molecule has 0 aliphatic carbocycles. The van der Waals surface area contributed by atoms with Crippen LogP contribution in [0.25, 0.3) is 11.6 Å². The molecule has 0 aliphatic heterocycles. The molecule has 2 aromatic rings. The Morgan fingerprint density at radius 1 is 0.821 bits per heavy atom. The Bertz CT molecular complexity index is 1020. The summed E-state index contributed by atoms with van der Waals surface area (Å²) in [6, 6.07) is 15.0. The third-order valence-corrected chi connectivity index (χ3v) is 5.90. The van der Waals surface area contributed by atoms with Crippen molar-refractivity contribution < 1.29 is 33.6 Å². The maximum absolute atomic E-state index is 11.6. The SMILES string of the molecule is CCCCCCC(C(=O)O)=C(CC)c1ccc(OC)cc1.CCOCCOC(=O)C=Cc1ccc(OC)cc1. The topological polar surface area (TPSA) is 91.3 Å². The summed E-state index contributed by atoms with van der Waals surface area (Å²) in [4.78, 5) is 22.9. The number of hydrogen-bond acceptors (Lipinski definition) is 6. The van der Waals surface area contributed by atoms with E-state index in [0.29, 0.717) is 25.2 Å². The van der Waals surface area contributed by atoms with Crippen LogP contribution >= 0.6 is 0 Å². The smallest absolute Gasteiger partial charge is 0.331 e. The minimum atomic E-state index is -0.792. The number of carbonyl (C=O) groups excluding carboxylic acids is 1. The van der Waals surface area contributed by atoms with E-state index in [1.165, 1.54) is 6.08 Å². The minimum Gasteiger partial charge on any atom is -0.497 e. The lowest BCUT2D eigenvalue weighted by molar-refractivity contribution is -0.139. The highest BCUT2D eigenvalue weighted by Gasteiger charge is 2.14. The van der Waals surface area contributed by atoms with Gasteiger partial charge in [0.05, 0.1) is 20.8 Å². The van der Waals surface area contributed by atoms with Crippen molar-refractivity contribution in [3.8, 4) is 11.5 Å². The first kappa shape index (κ1) is 33.4. The normalized spacial score (nSPS) is 11.3. The van der Waals surface area contributed by atoms with Crippen LogP contribution in [0.1, 0.15) is 70.4 Å². The number of rotatable bonds is 16. The lowest BCUT2D eigenvalue weighted by atomic mass is 9.94. The molecule has 0 aromatic heterocycles. The fraction of sp³-hybridized carbons (Fsp3) is 0.438. The largest absolute Gasteiger partial charge is 0.497 e. The predicted molar refractivity (Wildman–Crippen MR) is 156 cm³/mol. The number of ether oxygens (including phenoxy) is 4. The molecular formula is C32H44O7. The van der Waals surface area contributed by atoms with Crippen molar-refractivity contribution in [2.45, 2.75) is 59.3 Å². The zero-order chi connectivity index (χ0) is 28.9. The summed E-state index contributed by atoms with van der Waals surface area (Å²) in [5.41, 5.74) is 3.38. The first-order valence-electron chi connectivity index (χ1n) is 13.6. The Balaban J connectivity index is 0.000000395. The molecule has 0 bridgehead atoms. The van der Waals surface area contributed by atoms with Gasteiger partial charge in [-0.2, -0.15) is 0 Å². The molecule has 0 saturated heterocycles. The van der Waals surface area contributed by atoms with Crippen LogP contribution in [0.3, 0.4) is 0 Å². The fourth-order valence-electron chi connectivity index (χ4n) is 3.77. The third-order valence-electron chi connectivity index (χ3n) is 5.90. The Hall–Kier alpha value is -3.58. The highest BCUT2D eigenvalue weighted by atomic mass is 16.6. The summed E-state index contributed by atoms with van der Waals surface area (Å²) in [5.74, 6) is 0.408. The number of aliphatic carboxylic acids is 1. The number of unbranched alkanes of at least 4 members (excludes halogenated alkanes) is 3. The molecule has 0 amide bonds. The zero-order valence-electron chi connectivity index (χ0n) is 24.0. The number of methoxy groups -OCH3 is 2. The minimum absolute atomic E-state index is 0.277. The van der Waals surface area contributed by atoms with E-state index in [1.807, 2.05) is 62.4 Å². The summed E-state index contributed by atoms with van der Waals surface area (Å²) < 4.78 is 20.2. The molecule has 0 saturated carbocycles. The van der Waals surface area contributed by atoms with E-state index in [4.69, 9.17) is 18.9 Å². The van der Waals surface area contributed by atoms with Gasteiger partial charge in [-0.25, -0.2) is 9.59 Å². The molecule has 0 heterocycles. The van der Waals surface area contributed by atoms with Gasteiger partial charge in [0.25, 0.3) is 0 Å². The van der Waals surface area contributed by atoms with Gasteiger partial charge in [0.15, 0.2) is 0 Å². The molecular weight excluding hydrogens is 496 g/mol. The summed E-state index contributed by atoms with van der Waals surface area (Å²) in [5, 5.41) is 9.51. The zero-order valence-corrected chi connectivity index (χ0v) is 24.0. The average Bonchev–Trinajstić information content (AvgIpc) is 2.96. The molecule has 2 aromatic carbocycles. The first-order chi connectivity index (χ1) is 18.9. The van der Waals surface area contributed by atoms with Crippen molar-refractivity contribution in [2.24, 2.45) is 0 Å². The number of carbonyl (C=O) groups is 2. The van der Waals surface area contributed by atoms with Gasteiger partial charge in [-0.15, -0.1) is 0 Å². The van der Waals surface area contributed by atoms with Crippen molar-refractivity contribution in [1.29, 1.82) is 0 Å². The standard InChI is InChI=1S/C18H26O3.C14H18O4/c1-4-6-7-8-9-17(18(19)20)16(5-2)14-10-12-15(21-3)13-11-14;1-3-17-10-11-18-14(15)9-6-12-4-7-13(16-2)8-5-12/h10-13H,4-9H2,1-3H3,(H,19,20);4-9H,3,10-11H2,1-2H3. The van der Waals surface area contributed by atoms with Crippen molar-refractivity contribution >= 4 is 23.6 Å². The predicted octanol–water partition coefficient (Wildman–Crippen LogP) is 7.20. The number of allylic oxidation sites excluding steroid dienone is 1. The van der Waals surface area contributed by atoms with Crippen molar-refractivity contribution in [2.75, 3.05) is 34.0 Å². The lowest BCUT2D eigenvalue weighted by Crippen LogP contribution is -2.08. The van der Waals surface area contributed by atoms with Gasteiger partial charge in [0, 0.05) is 18.3 Å². The Kier molecular flexibility index (Phi) is 17.5. The number of hydrogen-bond donors (Lipinski definition) is 1. The summed E-state index contributed by atoms with van der Waals surface area (Å²) >= 11 is 0. The quantitative estimate of drug-likeness (QED) is 0.137. The van der Waals surface area contributed by atoms with E-state index in [0.717, 1.165) is 60.3 Å². The molecule has 7 nitrogen and oxygen atoms in total. The van der Waals surface area contributed by atoms with Crippen molar-refractivity contribution in [3.05, 3.63) is 71.3 Å². The molecule has 7 heteroatoms. The molecule has 1 N–H and O–H groups in total. The molecule has 0 radical (unpaired) electrons. The lowest BCUT2D eigenvalue weighted by Gasteiger charge is -2.12. The van der Waals surface area contributed by atoms with Crippen LogP contribution in [0.2, 0.25) is 0 Å². The molecule has 0 atom stereocenters. The van der Waals surface area contributed by atoms with Crippen LogP contribution in [0.15, 0.2) is 60.2 Å². The van der Waals surface area contributed by atoms with E-state index >= 15 is 0 Å². The number of carboxylic acid groups (broad SMARTS) is 1. The maximum Gasteiger partial charge on any atom is 0.331 e. The second-order valence-corrected chi connectivity index (χ2v) is 8.63. The number of esters is 1. The van der Waals surface area contributed by atoms with Crippen LogP contribution in [0.4, 0.5) is 0 Å². The Morgan fingerprint density at radius 2 is 1.44 bits per heavy atom. The molecule has 0 spiro atoms. The number of benzene rings is 2. The van der Waals surface area contributed by atoms with E-state index in [1.54, 1.807) is 20.3 Å². The maximum atomic E-state index is 11.6. The van der Waals surface area contributed by atoms with E-state index in [-0.39, 0.29) is 12.6 Å². The Morgan fingerprint density at radius 3 is 1.95 bits per heavy atom. The monoisotopic (exact) mass is 540 g/mol. The van der Waals surface area contributed by atoms with Crippen LogP contribution in [-0.2, 0) is 19.1 Å². The average molecular weight is 541 g/mol. The molecule has 214 valence electrons. The van der Waals surface area contributed by atoms with Gasteiger partial charge >= 0.3 is 11.9 Å². The number of carboxylic acids is 1. The third kappa shape index (κ3) is 13.7. The van der Waals surface area contributed by atoms with Gasteiger partial charge in [-0.1, -0.05) is 57.4 Å². The highest BCUT2D eigenvalue weighted by molar-refractivity contribution is 5.96.